The van der Waals surface area contributed by atoms with Crippen LogP contribution in [0.4, 0.5) is 0 Å². The fraction of sp³-hybridized carbons (Fsp3) is 0.833. The van der Waals surface area contributed by atoms with Crippen molar-refractivity contribution in [2.45, 2.75) is 163 Å². The number of carbonyl (C=O) groups is 3. The smallest absolute Gasteiger partial charge is 0.335 e. The highest BCUT2D eigenvalue weighted by molar-refractivity contribution is 5.99. The van der Waals surface area contributed by atoms with Crippen molar-refractivity contribution in [1.29, 1.82) is 0 Å². The lowest BCUT2D eigenvalue weighted by Gasteiger charge is -2.17. The van der Waals surface area contributed by atoms with Crippen molar-refractivity contribution in [3.63, 3.8) is 0 Å². The summed E-state index contributed by atoms with van der Waals surface area (Å²) in [6.45, 7) is 12.0. The second-order valence-electron chi connectivity index (χ2n) is 10.2. The number of hydrogen-bond donors (Lipinski definition) is 0. The molecule has 0 aromatic heterocycles. The molecule has 6 nitrogen and oxygen atoms in total. The third kappa shape index (κ3) is 19.4. The van der Waals surface area contributed by atoms with Gasteiger partial charge in [-0.15, -0.1) is 0 Å². The molecule has 0 aliphatic heterocycles. The van der Waals surface area contributed by atoms with Crippen LogP contribution in [0.1, 0.15) is 144 Å². The van der Waals surface area contributed by atoms with E-state index in [9.17, 15) is 14.4 Å². The molecule has 0 radical (unpaired) electrons. The molecule has 0 aliphatic rings. The Hall–Kier alpha value is -1.85. The molecule has 6 heteroatoms. The number of carbonyl (C=O) groups excluding carboxylic acids is 3. The number of esters is 3. The van der Waals surface area contributed by atoms with Crippen LogP contribution < -0.4 is 0 Å². The molecule has 0 bridgehead atoms. The van der Waals surface area contributed by atoms with Crippen molar-refractivity contribution in [2.24, 2.45) is 0 Å². The van der Waals surface area contributed by atoms with E-state index in [-0.39, 0.29) is 30.3 Å². The zero-order valence-corrected chi connectivity index (χ0v) is 24.1. The number of ether oxygens (including phenoxy) is 3. The van der Waals surface area contributed by atoms with Gasteiger partial charge in [-0.05, 0) is 59.3 Å². The number of hydrogen-bond acceptors (Lipinski definition) is 6. The summed E-state index contributed by atoms with van der Waals surface area (Å²) in [5.74, 6) is -1.81. The van der Waals surface area contributed by atoms with Crippen LogP contribution in [0.15, 0.2) is 11.6 Å². The molecule has 0 rings (SSSR count). The molecule has 0 spiro atoms. The summed E-state index contributed by atoms with van der Waals surface area (Å²) >= 11 is 0. The number of unbranched alkanes of at least 4 members (excludes halogenated alkanes) is 9. The third-order valence-corrected chi connectivity index (χ3v) is 6.24. The largest absolute Gasteiger partial charge is 0.462 e. The van der Waals surface area contributed by atoms with Crippen LogP contribution in [0.3, 0.4) is 0 Å². The van der Waals surface area contributed by atoms with E-state index in [2.05, 4.69) is 20.8 Å². The first-order valence-corrected chi connectivity index (χ1v) is 14.5. The van der Waals surface area contributed by atoms with Gasteiger partial charge in [-0.25, -0.2) is 9.59 Å². The Bertz CT molecular complexity index is 627. The van der Waals surface area contributed by atoms with Gasteiger partial charge < -0.3 is 14.2 Å². The predicted molar refractivity (Wildman–Crippen MR) is 146 cm³/mol. The lowest BCUT2D eigenvalue weighted by atomic mass is 10.1. The summed E-state index contributed by atoms with van der Waals surface area (Å²) in [6.07, 6.45) is 15.5. The Labute approximate surface area is 220 Å². The van der Waals surface area contributed by atoms with Gasteiger partial charge >= 0.3 is 17.9 Å². The van der Waals surface area contributed by atoms with Crippen LogP contribution in [0.25, 0.3) is 0 Å². The van der Waals surface area contributed by atoms with Gasteiger partial charge in [-0.1, -0.05) is 78.6 Å². The zero-order valence-electron chi connectivity index (χ0n) is 24.1. The topological polar surface area (TPSA) is 78.9 Å². The summed E-state index contributed by atoms with van der Waals surface area (Å²) in [4.78, 5) is 38.0. The van der Waals surface area contributed by atoms with Crippen molar-refractivity contribution in [2.75, 3.05) is 0 Å². The molecule has 0 amide bonds. The molecule has 0 aromatic carbocycles. The maximum Gasteiger partial charge on any atom is 0.335 e. The van der Waals surface area contributed by atoms with Crippen LogP contribution in [-0.2, 0) is 28.6 Å². The molecule has 0 fully saturated rings. The Kier molecular flexibility index (Phi) is 21.2. The van der Waals surface area contributed by atoms with Gasteiger partial charge in [0.15, 0.2) is 0 Å². The first-order chi connectivity index (χ1) is 17.2. The van der Waals surface area contributed by atoms with Crippen molar-refractivity contribution >= 4 is 17.9 Å². The van der Waals surface area contributed by atoms with Crippen molar-refractivity contribution in [1.82, 2.24) is 0 Å². The highest BCUT2D eigenvalue weighted by atomic mass is 16.6. The molecular formula is C30H54O6. The summed E-state index contributed by atoms with van der Waals surface area (Å²) in [6, 6.07) is 0. The average Bonchev–Trinajstić information content (AvgIpc) is 2.81. The molecule has 0 aromatic rings. The van der Waals surface area contributed by atoms with Crippen molar-refractivity contribution in [3.05, 3.63) is 11.6 Å². The summed E-state index contributed by atoms with van der Waals surface area (Å²) in [7, 11) is 0. The fourth-order valence-electron chi connectivity index (χ4n) is 3.99. The van der Waals surface area contributed by atoms with E-state index in [4.69, 9.17) is 14.2 Å². The number of rotatable bonds is 22. The lowest BCUT2D eigenvalue weighted by molar-refractivity contribution is -0.151. The highest BCUT2D eigenvalue weighted by Gasteiger charge is 2.22. The molecule has 210 valence electrons. The van der Waals surface area contributed by atoms with E-state index in [0.29, 0.717) is 0 Å². The van der Waals surface area contributed by atoms with Crippen molar-refractivity contribution in [3.8, 4) is 0 Å². The standard InChI is InChI=1S/C30H54O6/c1-7-10-13-16-19-24(4)34-28(31)22-27(30(33)36-26(6)21-18-15-12-9-3)23-29(32)35-25(5)20-17-14-11-8-2/h22,24-26H,7-21,23H2,1-6H3/b27-22+. The predicted octanol–water partition coefficient (Wildman–Crippen LogP) is 8.01. The fourth-order valence-corrected chi connectivity index (χ4v) is 3.99. The molecule has 0 saturated carbocycles. The Balaban J connectivity index is 5.05. The molecule has 0 N–H and O–H groups in total. The van der Waals surface area contributed by atoms with E-state index in [1.807, 2.05) is 20.8 Å². The minimum atomic E-state index is -0.655. The molecule has 3 atom stereocenters. The van der Waals surface area contributed by atoms with E-state index in [1.54, 1.807) is 0 Å². The maximum atomic E-state index is 12.9. The molecule has 3 unspecified atom stereocenters. The normalized spacial score (nSPS) is 14.1. The van der Waals surface area contributed by atoms with Gasteiger partial charge in [0.05, 0.1) is 30.3 Å². The second kappa shape index (κ2) is 22.4. The van der Waals surface area contributed by atoms with Gasteiger partial charge in [0, 0.05) is 6.08 Å². The quantitative estimate of drug-likeness (QED) is 0.0635. The van der Waals surface area contributed by atoms with Crippen LogP contribution in [0, 0.1) is 0 Å². The van der Waals surface area contributed by atoms with E-state index >= 15 is 0 Å². The molecular weight excluding hydrogens is 456 g/mol. The SMILES string of the molecule is CCCCCCC(C)OC(=O)/C=C(\CC(=O)OC(C)CCCCCC)C(=O)OC(C)CCCCCC. The van der Waals surface area contributed by atoms with E-state index < -0.39 is 17.9 Å². The van der Waals surface area contributed by atoms with Crippen LogP contribution in [0.2, 0.25) is 0 Å². The summed E-state index contributed by atoms with van der Waals surface area (Å²) < 4.78 is 16.5. The minimum absolute atomic E-state index is 0.0122. The van der Waals surface area contributed by atoms with Crippen molar-refractivity contribution < 1.29 is 28.6 Å². The lowest BCUT2D eigenvalue weighted by Crippen LogP contribution is -2.22. The van der Waals surface area contributed by atoms with E-state index in [0.717, 1.165) is 102 Å². The van der Waals surface area contributed by atoms with E-state index in [1.165, 1.54) is 0 Å². The molecule has 0 saturated heterocycles. The Morgan fingerprint density at radius 2 is 1.00 bits per heavy atom. The second-order valence-corrected chi connectivity index (χ2v) is 10.2. The molecule has 0 heterocycles. The molecule has 0 aliphatic carbocycles. The minimum Gasteiger partial charge on any atom is -0.462 e. The van der Waals surface area contributed by atoms with Gasteiger partial charge in [0.25, 0.3) is 0 Å². The maximum absolute atomic E-state index is 12.9. The zero-order chi connectivity index (χ0) is 27.2. The Morgan fingerprint density at radius 3 is 1.44 bits per heavy atom. The van der Waals surface area contributed by atoms with Gasteiger partial charge in [0.2, 0.25) is 0 Å². The summed E-state index contributed by atoms with van der Waals surface area (Å²) in [5, 5.41) is 0. The monoisotopic (exact) mass is 510 g/mol. The first-order valence-electron chi connectivity index (χ1n) is 14.5. The third-order valence-electron chi connectivity index (χ3n) is 6.24. The Morgan fingerprint density at radius 1 is 0.583 bits per heavy atom. The first kappa shape index (κ1) is 34.1. The van der Waals surface area contributed by atoms with Gasteiger partial charge in [-0.3, -0.25) is 4.79 Å². The highest BCUT2D eigenvalue weighted by Crippen LogP contribution is 2.16. The van der Waals surface area contributed by atoms with Gasteiger partial charge in [0.1, 0.15) is 0 Å². The van der Waals surface area contributed by atoms with Gasteiger partial charge in [-0.2, -0.15) is 0 Å². The van der Waals surface area contributed by atoms with Crippen LogP contribution in [0.5, 0.6) is 0 Å². The summed E-state index contributed by atoms with van der Waals surface area (Å²) in [5.41, 5.74) is -0.0122. The average molecular weight is 511 g/mol. The molecule has 36 heavy (non-hydrogen) atoms. The van der Waals surface area contributed by atoms with Crippen LogP contribution in [-0.4, -0.2) is 36.2 Å². The van der Waals surface area contributed by atoms with Crippen LogP contribution >= 0.6 is 0 Å².